The first-order valence-corrected chi connectivity index (χ1v) is 7.29. The summed E-state index contributed by atoms with van der Waals surface area (Å²) in [5.41, 5.74) is 2.84. The van der Waals surface area contributed by atoms with Gasteiger partial charge in [0.2, 0.25) is 5.78 Å². The number of benzene rings is 2. The number of rotatable bonds is 4. The fraction of sp³-hybridized carbons (Fsp3) is 0.0588. The zero-order valence-electron chi connectivity index (χ0n) is 10.8. The van der Waals surface area contributed by atoms with E-state index >= 15 is 0 Å². The van der Waals surface area contributed by atoms with Gasteiger partial charge in [0.1, 0.15) is 0 Å². The Morgan fingerprint density at radius 1 is 0.950 bits per heavy atom. The third kappa shape index (κ3) is 2.83. The van der Waals surface area contributed by atoms with Crippen LogP contribution in [0.15, 0.2) is 66.0 Å². The van der Waals surface area contributed by atoms with Crippen LogP contribution in [0.2, 0.25) is 0 Å². The molecule has 0 saturated carbocycles. The van der Waals surface area contributed by atoms with Crippen LogP contribution in [0.3, 0.4) is 0 Å². The molecule has 3 aromatic rings. The van der Waals surface area contributed by atoms with Crippen LogP contribution in [0.5, 0.6) is 0 Å². The van der Waals surface area contributed by atoms with Gasteiger partial charge in [0.15, 0.2) is 5.01 Å². The molecule has 0 spiro atoms. The number of ketones is 1. The van der Waals surface area contributed by atoms with Gasteiger partial charge in [-0.2, -0.15) is 0 Å². The minimum Gasteiger partial charge on any atom is -0.286 e. The summed E-state index contributed by atoms with van der Waals surface area (Å²) in [7, 11) is 0. The lowest BCUT2D eigenvalue weighted by molar-refractivity contribution is 0.103. The van der Waals surface area contributed by atoms with Crippen LogP contribution in [0, 0.1) is 0 Å². The molecule has 1 aromatic heterocycles. The molecule has 0 radical (unpaired) electrons. The Morgan fingerprint density at radius 3 is 2.30 bits per heavy atom. The van der Waals surface area contributed by atoms with Crippen LogP contribution < -0.4 is 0 Å². The van der Waals surface area contributed by atoms with Crippen LogP contribution in [-0.2, 0) is 6.42 Å². The van der Waals surface area contributed by atoms with Gasteiger partial charge in [-0.15, -0.1) is 11.3 Å². The number of nitrogens with zero attached hydrogens (tertiary/aromatic N) is 1. The Balaban J connectivity index is 1.79. The standard InChI is InChI=1S/C17H13NOS/c19-16(14-9-5-2-6-10-14)17-18-15(12-20-17)11-13-7-3-1-4-8-13/h1-10,12H,11H2. The molecule has 0 aliphatic carbocycles. The summed E-state index contributed by atoms with van der Waals surface area (Å²) in [5, 5.41) is 2.52. The van der Waals surface area contributed by atoms with E-state index in [-0.39, 0.29) is 5.78 Å². The Bertz CT molecular complexity index is 704. The first-order valence-electron chi connectivity index (χ1n) is 6.41. The first-order chi connectivity index (χ1) is 9.83. The normalized spacial score (nSPS) is 10.4. The SMILES string of the molecule is O=C(c1ccccc1)c1nc(Cc2ccccc2)cs1. The van der Waals surface area contributed by atoms with E-state index in [9.17, 15) is 4.79 Å². The van der Waals surface area contributed by atoms with E-state index in [1.54, 1.807) is 0 Å². The lowest BCUT2D eigenvalue weighted by Gasteiger charge is -1.97. The van der Waals surface area contributed by atoms with Crippen LogP contribution in [0.4, 0.5) is 0 Å². The molecule has 0 fully saturated rings. The highest BCUT2D eigenvalue weighted by molar-refractivity contribution is 7.12. The Hall–Kier alpha value is -2.26. The quantitative estimate of drug-likeness (QED) is 0.676. The van der Waals surface area contributed by atoms with Crippen molar-refractivity contribution in [3.63, 3.8) is 0 Å². The molecule has 3 heteroatoms. The van der Waals surface area contributed by atoms with Gasteiger partial charge in [-0.25, -0.2) is 4.98 Å². The highest BCUT2D eigenvalue weighted by Gasteiger charge is 2.13. The van der Waals surface area contributed by atoms with Gasteiger partial charge in [0.25, 0.3) is 0 Å². The molecule has 3 rings (SSSR count). The van der Waals surface area contributed by atoms with Crippen molar-refractivity contribution in [2.75, 3.05) is 0 Å². The largest absolute Gasteiger partial charge is 0.286 e. The van der Waals surface area contributed by atoms with Crippen molar-refractivity contribution < 1.29 is 4.79 Å². The number of carbonyl (C=O) groups is 1. The zero-order valence-corrected chi connectivity index (χ0v) is 11.6. The second kappa shape index (κ2) is 5.80. The second-order valence-electron chi connectivity index (χ2n) is 4.50. The molecule has 0 amide bonds. The van der Waals surface area contributed by atoms with Crippen molar-refractivity contribution in [3.8, 4) is 0 Å². The van der Waals surface area contributed by atoms with E-state index in [1.165, 1.54) is 16.9 Å². The van der Waals surface area contributed by atoms with E-state index in [2.05, 4.69) is 17.1 Å². The minimum atomic E-state index is -0.00471. The average Bonchev–Trinajstić information content (AvgIpc) is 2.97. The fourth-order valence-corrected chi connectivity index (χ4v) is 2.79. The number of carbonyl (C=O) groups excluding carboxylic acids is 1. The summed E-state index contributed by atoms with van der Waals surface area (Å²) in [6.07, 6.45) is 0.763. The predicted octanol–water partition coefficient (Wildman–Crippen LogP) is 3.96. The lowest BCUT2D eigenvalue weighted by Crippen LogP contribution is -2.00. The maximum absolute atomic E-state index is 12.3. The van der Waals surface area contributed by atoms with Gasteiger partial charge in [0, 0.05) is 17.4 Å². The van der Waals surface area contributed by atoms with Gasteiger partial charge in [-0.1, -0.05) is 60.7 Å². The molecule has 0 N–H and O–H groups in total. The summed E-state index contributed by atoms with van der Waals surface area (Å²) in [4.78, 5) is 16.7. The summed E-state index contributed by atoms with van der Waals surface area (Å²) in [5.74, 6) is -0.00471. The van der Waals surface area contributed by atoms with Crippen LogP contribution >= 0.6 is 11.3 Å². The Labute approximate surface area is 121 Å². The van der Waals surface area contributed by atoms with E-state index in [1.807, 2.05) is 53.9 Å². The molecular formula is C17H13NOS. The van der Waals surface area contributed by atoms with Crippen LogP contribution in [0.1, 0.15) is 26.6 Å². The second-order valence-corrected chi connectivity index (χ2v) is 5.36. The topological polar surface area (TPSA) is 30.0 Å². The summed E-state index contributed by atoms with van der Waals surface area (Å²) < 4.78 is 0. The summed E-state index contributed by atoms with van der Waals surface area (Å²) >= 11 is 1.41. The third-order valence-corrected chi connectivity index (χ3v) is 3.90. The van der Waals surface area contributed by atoms with Crippen LogP contribution in [-0.4, -0.2) is 10.8 Å². The molecule has 0 aliphatic heterocycles. The maximum Gasteiger partial charge on any atom is 0.221 e. The maximum atomic E-state index is 12.3. The molecule has 0 unspecified atom stereocenters. The molecule has 0 bridgehead atoms. The van der Waals surface area contributed by atoms with Gasteiger partial charge in [0.05, 0.1) is 5.69 Å². The van der Waals surface area contributed by atoms with Crippen molar-refractivity contribution in [2.45, 2.75) is 6.42 Å². The highest BCUT2D eigenvalue weighted by Crippen LogP contribution is 2.17. The number of hydrogen-bond donors (Lipinski definition) is 0. The van der Waals surface area contributed by atoms with E-state index in [4.69, 9.17) is 0 Å². The summed E-state index contributed by atoms with van der Waals surface area (Å²) in [6.45, 7) is 0. The van der Waals surface area contributed by atoms with Gasteiger partial charge in [-0.05, 0) is 5.56 Å². The van der Waals surface area contributed by atoms with Crippen molar-refractivity contribution in [1.82, 2.24) is 4.98 Å². The van der Waals surface area contributed by atoms with E-state index in [0.717, 1.165) is 12.1 Å². The van der Waals surface area contributed by atoms with Crippen molar-refractivity contribution in [3.05, 3.63) is 87.9 Å². The number of hydrogen-bond acceptors (Lipinski definition) is 3. The molecular weight excluding hydrogens is 266 g/mol. The molecule has 0 atom stereocenters. The average molecular weight is 279 g/mol. The Kier molecular flexibility index (Phi) is 3.70. The van der Waals surface area contributed by atoms with Crippen molar-refractivity contribution in [2.24, 2.45) is 0 Å². The van der Waals surface area contributed by atoms with Gasteiger partial charge < -0.3 is 0 Å². The number of thiazole rings is 1. The van der Waals surface area contributed by atoms with E-state index in [0.29, 0.717) is 10.6 Å². The van der Waals surface area contributed by atoms with Gasteiger partial charge >= 0.3 is 0 Å². The monoisotopic (exact) mass is 279 g/mol. The van der Waals surface area contributed by atoms with Crippen molar-refractivity contribution in [1.29, 1.82) is 0 Å². The Morgan fingerprint density at radius 2 is 1.60 bits per heavy atom. The zero-order chi connectivity index (χ0) is 13.8. The van der Waals surface area contributed by atoms with Crippen LogP contribution in [0.25, 0.3) is 0 Å². The molecule has 2 aromatic carbocycles. The molecule has 98 valence electrons. The molecule has 0 saturated heterocycles. The summed E-state index contributed by atoms with van der Waals surface area (Å²) in [6, 6.07) is 19.4. The highest BCUT2D eigenvalue weighted by atomic mass is 32.1. The first kappa shape index (κ1) is 12.8. The smallest absolute Gasteiger partial charge is 0.221 e. The predicted molar refractivity (Wildman–Crippen MR) is 81.2 cm³/mol. The lowest BCUT2D eigenvalue weighted by atomic mass is 10.1. The minimum absolute atomic E-state index is 0.00471. The molecule has 2 nitrogen and oxygen atoms in total. The molecule has 1 heterocycles. The molecule has 20 heavy (non-hydrogen) atoms. The van der Waals surface area contributed by atoms with Gasteiger partial charge in [-0.3, -0.25) is 4.79 Å². The van der Waals surface area contributed by atoms with Crippen molar-refractivity contribution >= 4 is 17.1 Å². The van der Waals surface area contributed by atoms with E-state index < -0.39 is 0 Å². The number of aromatic nitrogens is 1. The fourth-order valence-electron chi connectivity index (χ4n) is 2.01. The third-order valence-electron chi connectivity index (χ3n) is 3.01. The molecule has 0 aliphatic rings.